The molecule has 7 heteroatoms. The van der Waals surface area contributed by atoms with E-state index < -0.39 is 16.0 Å². The van der Waals surface area contributed by atoms with E-state index in [0.29, 0.717) is 10.6 Å². The molecule has 122 valence electrons. The molecule has 3 N–H and O–H groups in total. The fourth-order valence-electron chi connectivity index (χ4n) is 1.63. The predicted molar refractivity (Wildman–Crippen MR) is 91.7 cm³/mol. The molecule has 0 saturated heterocycles. The second kappa shape index (κ2) is 8.47. The molecule has 23 heavy (non-hydrogen) atoms. The van der Waals surface area contributed by atoms with Crippen molar-refractivity contribution in [3.05, 3.63) is 75.7 Å². The van der Waals surface area contributed by atoms with Gasteiger partial charge < -0.3 is 5.73 Å². The summed E-state index contributed by atoms with van der Waals surface area (Å²) in [6, 6.07) is 13.8. The van der Waals surface area contributed by atoms with Crippen LogP contribution in [0.2, 0.25) is 5.02 Å². The van der Waals surface area contributed by atoms with E-state index in [4.69, 9.17) is 21.9 Å². The van der Waals surface area contributed by atoms with Crippen molar-refractivity contribution < 1.29 is 17.8 Å². The molecule has 0 saturated carbocycles. The highest BCUT2D eigenvalue weighted by atomic mass is 35.5. The normalized spacial score (nSPS) is 10.9. The van der Waals surface area contributed by atoms with Crippen LogP contribution in [0.3, 0.4) is 0 Å². The van der Waals surface area contributed by atoms with E-state index in [1.807, 2.05) is 6.07 Å². The maximum Gasteiger partial charge on any atom is 0.287 e. The van der Waals surface area contributed by atoms with Gasteiger partial charge in [-0.25, -0.2) is 0 Å². The lowest BCUT2D eigenvalue weighted by molar-refractivity contribution is 0.0999. The van der Waals surface area contributed by atoms with Gasteiger partial charge in [0.1, 0.15) is 0 Å². The molecule has 2 aromatic rings. The first-order valence-corrected chi connectivity index (χ1v) is 8.34. The van der Waals surface area contributed by atoms with Crippen LogP contribution in [0.1, 0.15) is 21.5 Å². The van der Waals surface area contributed by atoms with Gasteiger partial charge in [0.15, 0.2) is 0 Å². The van der Waals surface area contributed by atoms with Crippen molar-refractivity contribution in [1.29, 1.82) is 0 Å². The minimum atomic E-state index is -4.00. The van der Waals surface area contributed by atoms with E-state index in [9.17, 15) is 13.2 Å². The van der Waals surface area contributed by atoms with Crippen LogP contribution in [0, 0.1) is 6.92 Å². The van der Waals surface area contributed by atoms with Crippen LogP contribution in [0.4, 0.5) is 0 Å². The SMILES string of the molecule is Cc1cc(Cl)ccc1C(N)=O.O=S(=O)(O)C=Cc1ccccc1. The maximum atomic E-state index is 10.7. The zero-order chi connectivity index (χ0) is 17.5. The molecule has 0 atom stereocenters. The molecular weight excluding hydrogens is 338 g/mol. The topological polar surface area (TPSA) is 97.5 Å². The molecule has 2 aromatic carbocycles. The van der Waals surface area contributed by atoms with Gasteiger partial charge in [0.25, 0.3) is 10.1 Å². The minimum Gasteiger partial charge on any atom is -0.366 e. The van der Waals surface area contributed by atoms with Crippen molar-refractivity contribution >= 4 is 33.7 Å². The Balaban J connectivity index is 0.000000231. The molecule has 0 fully saturated rings. The van der Waals surface area contributed by atoms with E-state index in [1.165, 1.54) is 6.08 Å². The van der Waals surface area contributed by atoms with Crippen LogP contribution in [0.25, 0.3) is 6.08 Å². The van der Waals surface area contributed by atoms with Gasteiger partial charge in [-0.1, -0.05) is 41.9 Å². The summed E-state index contributed by atoms with van der Waals surface area (Å²) in [7, 11) is -4.00. The third-order valence-electron chi connectivity index (χ3n) is 2.69. The average Bonchev–Trinajstić information content (AvgIpc) is 2.46. The van der Waals surface area contributed by atoms with E-state index in [-0.39, 0.29) is 0 Å². The quantitative estimate of drug-likeness (QED) is 0.827. The van der Waals surface area contributed by atoms with Gasteiger partial charge in [-0.15, -0.1) is 0 Å². The number of carbonyl (C=O) groups excluding carboxylic acids is 1. The average molecular weight is 354 g/mol. The van der Waals surface area contributed by atoms with E-state index in [2.05, 4.69) is 0 Å². The number of primary amides is 1. The Hall–Kier alpha value is -2.15. The first kappa shape index (κ1) is 18.9. The Morgan fingerprint density at radius 1 is 1.17 bits per heavy atom. The molecule has 1 amide bonds. The number of aryl methyl sites for hydroxylation is 1. The van der Waals surface area contributed by atoms with Gasteiger partial charge in [0.05, 0.1) is 5.41 Å². The lowest BCUT2D eigenvalue weighted by Gasteiger charge is -1.99. The third-order valence-corrected chi connectivity index (χ3v) is 3.40. The summed E-state index contributed by atoms with van der Waals surface area (Å²) in [5.74, 6) is -0.417. The van der Waals surface area contributed by atoms with Gasteiger partial charge in [-0.2, -0.15) is 8.42 Å². The van der Waals surface area contributed by atoms with Crippen molar-refractivity contribution in [2.24, 2.45) is 5.73 Å². The number of hydrogen-bond acceptors (Lipinski definition) is 3. The Morgan fingerprint density at radius 2 is 1.78 bits per heavy atom. The van der Waals surface area contributed by atoms with Gasteiger partial charge in [0.2, 0.25) is 5.91 Å². The van der Waals surface area contributed by atoms with Gasteiger partial charge in [-0.05, 0) is 42.3 Å². The molecule has 0 heterocycles. The lowest BCUT2D eigenvalue weighted by atomic mass is 10.1. The Labute approximate surface area is 140 Å². The highest BCUT2D eigenvalue weighted by molar-refractivity contribution is 7.88. The lowest BCUT2D eigenvalue weighted by Crippen LogP contribution is -2.12. The number of nitrogens with two attached hydrogens (primary N) is 1. The molecular formula is C16H16ClNO4S. The monoisotopic (exact) mass is 353 g/mol. The minimum absolute atomic E-state index is 0.417. The van der Waals surface area contributed by atoms with Crippen molar-refractivity contribution in [2.45, 2.75) is 6.92 Å². The van der Waals surface area contributed by atoms with Crippen LogP contribution in [0.5, 0.6) is 0 Å². The number of rotatable bonds is 3. The van der Waals surface area contributed by atoms with Crippen LogP contribution in [-0.2, 0) is 10.1 Å². The molecule has 0 aliphatic rings. The molecule has 5 nitrogen and oxygen atoms in total. The van der Waals surface area contributed by atoms with E-state index in [1.54, 1.807) is 49.4 Å². The number of halogens is 1. The Kier molecular flexibility index (Phi) is 6.96. The van der Waals surface area contributed by atoms with Gasteiger partial charge in [-0.3, -0.25) is 9.35 Å². The van der Waals surface area contributed by atoms with Gasteiger partial charge in [0, 0.05) is 10.6 Å². The van der Waals surface area contributed by atoms with Crippen molar-refractivity contribution in [1.82, 2.24) is 0 Å². The third kappa shape index (κ3) is 7.60. The summed E-state index contributed by atoms with van der Waals surface area (Å²) in [6.07, 6.45) is 1.33. The van der Waals surface area contributed by atoms with Gasteiger partial charge >= 0.3 is 0 Å². The zero-order valence-electron chi connectivity index (χ0n) is 12.3. The van der Waals surface area contributed by atoms with Crippen LogP contribution in [0.15, 0.2) is 53.9 Å². The zero-order valence-corrected chi connectivity index (χ0v) is 13.9. The first-order valence-electron chi connectivity index (χ1n) is 6.45. The van der Waals surface area contributed by atoms with Crippen molar-refractivity contribution in [2.75, 3.05) is 0 Å². The van der Waals surface area contributed by atoms with E-state index in [0.717, 1.165) is 16.5 Å². The second-order valence-electron chi connectivity index (χ2n) is 4.55. The summed E-state index contributed by atoms with van der Waals surface area (Å²) in [6.45, 7) is 1.80. The standard InChI is InChI=1S/C8H8ClNO.C8H8O3S/c1-5-4-6(9)2-3-7(5)8(10)11;9-12(10,11)7-6-8-4-2-1-3-5-8/h2-4H,1H3,(H2,10,11);1-7H,(H,9,10,11). The number of carbonyl (C=O) groups is 1. The molecule has 0 bridgehead atoms. The molecule has 0 aromatic heterocycles. The van der Waals surface area contributed by atoms with Crippen molar-refractivity contribution in [3.63, 3.8) is 0 Å². The van der Waals surface area contributed by atoms with Crippen LogP contribution < -0.4 is 5.73 Å². The predicted octanol–water partition coefficient (Wildman–Crippen LogP) is 3.29. The van der Waals surface area contributed by atoms with E-state index >= 15 is 0 Å². The second-order valence-corrected chi connectivity index (χ2v) is 6.29. The summed E-state index contributed by atoms with van der Waals surface area (Å²) in [4.78, 5) is 10.7. The molecule has 0 unspecified atom stereocenters. The van der Waals surface area contributed by atoms with Crippen molar-refractivity contribution in [3.8, 4) is 0 Å². The first-order chi connectivity index (χ1) is 10.7. The molecule has 0 radical (unpaired) electrons. The molecule has 0 aliphatic carbocycles. The Bertz CT molecular complexity index is 802. The molecule has 0 spiro atoms. The van der Waals surface area contributed by atoms with Crippen LogP contribution in [-0.4, -0.2) is 18.9 Å². The highest BCUT2D eigenvalue weighted by Crippen LogP contribution is 2.14. The summed E-state index contributed by atoms with van der Waals surface area (Å²) in [5, 5.41) is 1.37. The molecule has 0 aliphatic heterocycles. The number of hydrogen-bond donors (Lipinski definition) is 2. The maximum absolute atomic E-state index is 10.7. The fourth-order valence-corrected chi connectivity index (χ4v) is 2.19. The van der Waals surface area contributed by atoms with Crippen LogP contribution >= 0.6 is 11.6 Å². The highest BCUT2D eigenvalue weighted by Gasteiger charge is 2.03. The summed E-state index contributed by atoms with van der Waals surface area (Å²) < 4.78 is 28.9. The number of benzene rings is 2. The Morgan fingerprint density at radius 3 is 2.26 bits per heavy atom. The molecule has 2 rings (SSSR count). The summed E-state index contributed by atoms with van der Waals surface area (Å²) in [5.41, 5.74) is 7.15. The fraction of sp³-hybridized carbons (Fsp3) is 0.0625. The largest absolute Gasteiger partial charge is 0.366 e. The smallest absolute Gasteiger partial charge is 0.287 e. The summed E-state index contributed by atoms with van der Waals surface area (Å²) >= 11 is 5.67. The number of amides is 1.